The average molecular weight is 497 g/mol. The highest BCUT2D eigenvalue weighted by molar-refractivity contribution is 5.97. The van der Waals surface area contributed by atoms with E-state index in [9.17, 15) is 32.3 Å². The first kappa shape index (κ1) is 24.6. The molecule has 2 heterocycles. The number of anilines is 1. The van der Waals surface area contributed by atoms with Gasteiger partial charge in [0.25, 0.3) is 5.91 Å². The van der Waals surface area contributed by atoms with Crippen LogP contribution >= 0.6 is 0 Å². The molecule has 0 unspecified atom stereocenters. The Hall–Kier alpha value is -3.54. The molecule has 12 heteroatoms. The molecule has 2 N–H and O–H groups in total. The van der Waals surface area contributed by atoms with E-state index in [2.05, 4.69) is 10.1 Å². The van der Waals surface area contributed by atoms with Crippen molar-refractivity contribution in [3.8, 4) is 11.5 Å². The van der Waals surface area contributed by atoms with Crippen LogP contribution in [0.3, 0.4) is 0 Å². The number of carbonyl (C=O) groups is 2. The summed E-state index contributed by atoms with van der Waals surface area (Å²) in [5.74, 6) is -2.24. The molecule has 0 radical (unpaired) electrons. The van der Waals surface area contributed by atoms with Crippen molar-refractivity contribution in [2.24, 2.45) is 0 Å². The molecule has 1 spiro atoms. The Morgan fingerprint density at radius 3 is 2.34 bits per heavy atom. The number of likely N-dealkylation sites (tertiary alicyclic amines) is 1. The number of phenols is 1. The summed E-state index contributed by atoms with van der Waals surface area (Å²) in [5.41, 5.74) is -0.760. The number of hydrogen-bond donors (Lipinski definition) is 2. The number of carbonyl (C=O) groups excluding carboxylic acids is 2. The van der Waals surface area contributed by atoms with Crippen molar-refractivity contribution in [3.05, 3.63) is 53.8 Å². The second-order valence-corrected chi connectivity index (χ2v) is 8.38. The third-order valence-corrected chi connectivity index (χ3v) is 6.04. The Morgan fingerprint density at radius 2 is 1.71 bits per heavy atom. The van der Waals surface area contributed by atoms with Crippen LogP contribution in [0.5, 0.6) is 11.5 Å². The Labute approximate surface area is 198 Å². The molecule has 188 valence electrons. The van der Waals surface area contributed by atoms with E-state index < -0.39 is 41.2 Å². The van der Waals surface area contributed by atoms with Crippen molar-refractivity contribution in [3.63, 3.8) is 0 Å². The number of ether oxygens (including phenoxy) is 2. The highest BCUT2D eigenvalue weighted by Crippen LogP contribution is 2.32. The number of alkyl halides is 3. The predicted octanol–water partition coefficient (Wildman–Crippen LogP) is 3.97. The number of morpholine rings is 1. The van der Waals surface area contributed by atoms with Gasteiger partial charge in [-0.25, -0.2) is 9.18 Å². The molecule has 0 saturated carbocycles. The first-order valence-electron chi connectivity index (χ1n) is 10.9. The molecule has 3 amide bonds. The smallest absolute Gasteiger partial charge is 0.507 e. The van der Waals surface area contributed by atoms with Gasteiger partial charge in [0.2, 0.25) is 0 Å². The fourth-order valence-electron chi connectivity index (χ4n) is 4.26. The van der Waals surface area contributed by atoms with Crippen molar-refractivity contribution < 1.29 is 41.7 Å². The molecule has 0 aromatic heterocycles. The monoisotopic (exact) mass is 497 g/mol. The standard InChI is InChI=1S/C23H23F4N3O5/c24-17-2-1-3-18(31)19(17)20(32)29-10-8-22(9-11-29)14-30(12-13-34-22)21(33)28-15-4-6-16(7-5-15)35-23(25,26)27/h1-7,31H,8-14H2,(H,28,33). The zero-order valence-corrected chi connectivity index (χ0v) is 18.5. The van der Waals surface area contributed by atoms with Crippen LogP contribution < -0.4 is 10.1 Å². The SMILES string of the molecule is O=C(Nc1ccc(OC(F)(F)F)cc1)N1CCOC2(CCN(C(=O)c3c(O)cccc3F)CC2)C1. The number of piperidine rings is 1. The van der Waals surface area contributed by atoms with Crippen LogP contribution in [0, 0.1) is 5.82 Å². The molecule has 2 fully saturated rings. The van der Waals surface area contributed by atoms with Crippen molar-refractivity contribution in [2.75, 3.05) is 38.1 Å². The number of benzene rings is 2. The summed E-state index contributed by atoms with van der Waals surface area (Å²) in [6, 6.07) is 8.04. The van der Waals surface area contributed by atoms with Gasteiger partial charge in [-0.1, -0.05) is 6.07 Å². The molecule has 2 saturated heterocycles. The van der Waals surface area contributed by atoms with E-state index in [1.165, 1.54) is 29.2 Å². The zero-order chi connectivity index (χ0) is 25.2. The highest BCUT2D eigenvalue weighted by atomic mass is 19.4. The van der Waals surface area contributed by atoms with Crippen LogP contribution in [-0.4, -0.2) is 71.6 Å². The summed E-state index contributed by atoms with van der Waals surface area (Å²) in [6.45, 7) is 1.34. The largest absolute Gasteiger partial charge is 0.573 e. The summed E-state index contributed by atoms with van der Waals surface area (Å²) >= 11 is 0. The van der Waals surface area contributed by atoms with Crippen LogP contribution in [0.1, 0.15) is 23.2 Å². The van der Waals surface area contributed by atoms with E-state index in [1.54, 1.807) is 4.90 Å². The molecule has 8 nitrogen and oxygen atoms in total. The maximum Gasteiger partial charge on any atom is 0.573 e. The van der Waals surface area contributed by atoms with Gasteiger partial charge < -0.3 is 29.7 Å². The first-order chi connectivity index (χ1) is 16.6. The second kappa shape index (κ2) is 9.61. The lowest BCUT2D eigenvalue weighted by atomic mass is 9.89. The lowest BCUT2D eigenvalue weighted by Crippen LogP contribution is -2.59. The predicted molar refractivity (Wildman–Crippen MR) is 116 cm³/mol. The number of urea groups is 1. The number of nitrogens with one attached hydrogen (secondary N) is 1. The lowest BCUT2D eigenvalue weighted by molar-refractivity contribution is -0.274. The van der Waals surface area contributed by atoms with Crippen LogP contribution in [0.15, 0.2) is 42.5 Å². The quantitative estimate of drug-likeness (QED) is 0.627. The minimum atomic E-state index is -4.80. The normalized spacial score (nSPS) is 17.8. The van der Waals surface area contributed by atoms with Crippen molar-refractivity contribution in [1.29, 1.82) is 0 Å². The summed E-state index contributed by atoms with van der Waals surface area (Å²) in [6.07, 6.45) is -3.99. The molecular formula is C23H23F4N3O5. The van der Waals surface area contributed by atoms with Crippen molar-refractivity contribution in [2.45, 2.75) is 24.8 Å². The Kier molecular flexibility index (Phi) is 6.75. The number of phenolic OH excluding ortho intramolecular Hbond substituents is 1. The van der Waals surface area contributed by atoms with Crippen molar-refractivity contribution >= 4 is 17.6 Å². The maximum absolute atomic E-state index is 14.1. The van der Waals surface area contributed by atoms with Gasteiger partial charge in [-0.3, -0.25) is 4.79 Å². The third-order valence-electron chi connectivity index (χ3n) is 6.04. The molecule has 2 aliphatic rings. The van der Waals surface area contributed by atoms with E-state index in [0.29, 0.717) is 25.1 Å². The van der Waals surface area contributed by atoms with Crippen LogP contribution in [0.2, 0.25) is 0 Å². The van der Waals surface area contributed by atoms with Gasteiger partial charge in [-0.15, -0.1) is 13.2 Å². The van der Waals surface area contributed by atoms with Crippen LogP contribution in [0.25, 0.3) is 0 Å². The zero-order valence-electron chi connectivity index (χ0n) is 18.5. The van der Waals surface area contributed by atoms with Crippen LogP contribution in [-0.2, 0) is 4.74 Å². The van der Waals surface area contributed by atoms with Gasteiger partial charge >= 0.3 is 12.4 Å². The number of amides is 3. The van der Waals surface area contributed by atoms with Gasteiger partial charge in [0.05, 0.1) is 18.8 Å². The topological polar surface area (TPSA) is 91.3 Å². The molecule has 2 aliphatic heterocycles. The third kappa shape index (κ3) is 5.76. The molecule has 35 heavy (non-hydrogen) atoms. The molecule has 2 aromatic rings. The fraction of sp³-hybridized carbons (Fsp3) is 0.391. The van der Waals surface area contributed by atoms with E-state index >= 15 is 0 Å². The van der Waals surface area contributed by atoms with E-state index in [0.717, 1.165) is 18.2 Å². The van der Waals surface area contributed by atoms with Gasteiger partial charge in [0, 0.05) is 25.3 Å². The number of halogens is 4. The first-order valence-corrected chi connectivity index (χ1v) is 10.9. The highest BCUT2D eigenvalue weighted by Gasteiger charge is 2.42. The molecule has 0 aliphatic carbocycles. The minimum absolute atomic E-state index is 0.251. The number of nitrogens with zero attached hydrogens (tertiary/aromatic N) is 2. The number of aromatic hydroxyl groups is 1. The summed E-state index contributed by atoms with van der Waals surface area (Å²) in [4.78, 5) is 28.5. The van der Waals surface area contributed by atoms with Gasteiger partial charge in [0.15, 0.2) is 0 Å². The fourth-order valence-corrected chi connectivity index (χ4v) is 4.26. The van der Waals surface area contributed by atoms with Gasteiger partial charge in [0.1, 0.15) is 22.9 Å². The van der Waals surface area contributed by atoms with E-state index in [-0.39, 0.29) is 31.8 Å². The van der Waals surface area contributed by atoms with Gasteiger partial charge in [-0.05, 0) is 49.2 Å². The summed E-state index contributed by atoms with van der Waals surface area (Å²) in [5, 5.41) is 12.5. The number of hydrogen-bond acceptors (Lipinski definition) is 5. The molecule has 0 bridgehead atoms. The van der Waals surface area contributed by atoms with E-state index in [1.807, 2.05) is 0 Å². The van der Waals surface area contributed by atoms with Crippen LogP contribution in [0.4, 0.5) is 28.0 Å². The van der Waals surface area contributed by atoms with E-state index in [4.69, 9.17) is 4.74 Å². The maximum atomic E-state index is 14.1. The lowest BCUT2D eigenvalue weighted by Gasteiger charge is -2.47. The molecule has 0 atom stereocenters. The van der Waals surface area contributed by atoms with Crippen molar-refractivity contribution in [1.82, 2.24) is 9.80 Å². The Morgan fingerprint density at radius 1 is 1.03 bits per heavy atom. The Bertz CT molecular complexity index is 1070. The Balaban J connectivity index is 1.34. The minimum Gasteiger partial charge on any atom is -0.507 e. The van der Waals surface area contributed by atoms with Gasteiger partial charge in [-0.2, -0.15) is 0 Å². The molecule has 4 rings (SSSR count). The molecular weight excluding hydrogens is 474 g/mol. The second-order valence-electron chi connectivity index (χ2n) is 8.38. The summed E-state index contributed by atoms with van der Waals surface area (Å²) < 4.78 is 60.8. The molecule has 2 aromatic carbocycles. The average Bonchev–Trinajstić information content (AvgIpc) is 2.80. The number of rotatable bonds is 3. The summed E-state index contributed by atoms with van der Waals surface area (Å²) in [7, 11) is 0.